The zero-order valence-corrected chi connectivity index (χ0v) is 31.6. The molecule has 1 spiro atoms. The largest absolute Gasteiger partial charge is 0.432 e. The quantitative estimate of drug-likeness (QED) is 0.170. The molecule has 0 aliphatic carbocycles. The van der Waals surface area contributed by atoms with Crippen molar-refractivity contribution in [3.63, 3.8) is 0 Å². The van der Waals surface area contributed by atoms with E-state index < -0.39 is 67.5 Å². The van der Waals surface area contributed by atoms with E-state index in [4.69, 9.17) is 4.74 Å². The van der Waals surface area contributed by atoms with Gasteiger partial charge < -0.3 is 45.3 Å². The molecule has 3 aliphatic heterocycles. The van der Waals surface area contributed by atoms with Gasteiger partial charge in [-0.05, 0) is 80.4 Å². The Hall–Kier alpha value is -4.44. The van der Waals surface area contributed by atoms with Gasteiger partial charge in [0.25, 0.3) is 17.7 Å². The van der Waals surface area contributed by atoms with Crippen molar-refractivity contribution < 1.29 is 44.0 Å². The molecular formula is C39H48N4O9Si. The average molecular weight is 745 g/mol. The van der Waals surface area contributed by atoms with Gasteiger partial charge in [-0.1, -0.05) is 43.3 Å². The van der Waals surface area contributed by atoms with E-state index in [1.54, 1.807) is 65.4 Å². The van der Waals surface area contributed by atoms with E-state index in [0.29, 0.717) is 41.2 Å². The van der Waals surface area contributed by atoms with Crippen molar-refractivity contribution in [3.8, 4) is 0 Å². The minimum absolute atomic E-state index is 0.0704. The van der Waals surface area contributed by atoms with Crippen LogP contribution in [0.15, 0.2) is 66.7 Å². The first-order chi connectivity index (χ1) is 25.0. The van der Waals surface area contributed by atoms with Gasteiger partial charge in [-0.3, -0.25) is 19.2 Å². The molecule has 0 radical (unpaired) electrons. The van der Waals surface area contributed by atoms with E-state index in [2.05, 4.69) is 10.6 Å². The summed E-state index contributed by atoms with van der Waals surface area (Å²) in [6, 6.07) is 19.3. The summed E-state index contributed by atoms with van der Waals surface area (Å²) in [5, 5.41) is 35.3. The summed E-state index contributed by atoms with van der Waals surface area (Å²) >= 11 is 0. The molecule has 0 aromatic heterocycles. The molecule has 3 heterocycles. The lowest BCUT2D eigenvalue weighted by Gasteiger charge is -2.37. The molecule has 3 aliphatic rings. The number of anilines is 3. The molecule has 14 heteroatoms. The van der Waals surface area contributed by atoms with Crippen molar-refractivity contribution in [2.45, 2.75) is 95.3 Å². The van der Waals surface area contributed by atoms with Crippen LogP contribution in [0.25, 0.3) is 0 Å². The van der Waals surface area contributed by atoms with Crippen molar-refractivity contribution >= 4 is 49.0 Å². The highest BCUT2D eigenvalue weighted by Gasteiger charge is 2.66. The van der Waals surface area contributed by atoms with Gasteiger partial charge in [-0.15, -0.1) is 0 Å². The molecule has 6 rings (SSSR count). The molecule has 7 atom stereocenters. The third kappa shape index (κ3) is 7.27. The molecule has 3 aromatic rings. The number of ether oxygens (including phenoxy) is 1. The number of fused-ring (bicyclic) bond motifs is 3. The van der Waals surface area contributed by atoms with Crippen molar-refractivity contribution in [1.29, 1.82) is 0 Å². The van der Waals surface area contributed by atoms with Gasteiger partial charge in [-0.25, -0.2) is 0 Å². The second kappa shape index (κ2) is 14.8. The van der Waals surface area contributed by atoms with Crippen LogP contribution in [-0.4, -0.2) is 87.9 Å². The number of hydrogen-bond donors (Lipinski definition) is 6. The standard InChI is InChI=1S/C39H48N4O9Si/c1-22-35(53(4,5)51)33(18-34(47)42-20-27-11-7-6-10-26(27)16-30(42)21-44)52-39(22)31-17-29(41-37(49)24(3)46)13-14-32(31)43(38(39)50)19-25-9-8-12-28(15-25)40-36(48)23(2)45/h6-15,17,22-24,30,33,35,44-46,51H,16,18-21H2,1-5H3,(H,40,48)(H,41,49)/t22-,23-,24-,30-,33+,35-,39+/m0/s1. The maximum absolute atomic E-state index is 15.0. The van der Waals surface area contributed by atoms with Crippen molar-refractivity contribution in [1.82, 2.24) is 4.90 Å². The first-order valence-electron chi connectivity index (χ1n) is 18.0. The maximum Gasteiger partial charge on any atom is 0.264 e. The summed E-state index contributed by atoms with van der Waals surface area (Å²) in [6.45, 7) is 8.27. The molecule has 13 nitrogen and oxygen atoms in total. The normalized spacial score (nSPS) is 24.8. The van der Waals surface area contributed by atoms with E-state index in [9.17, 15) is 34.5 Å². The molecule has 4 amide bonds. The summed E-state index contributed by atoms with van der Waals surface area (Å²) in [7, 11) is -3.16. The predicted molar refractivity (Wildman–Crippen MR) is 200 cm³/mol. The number of carbonyl (C=O) groups excluding carboxylic acids is 4. The molecule has 0 bridgehead atoms. The Bertz CT molecular complexity index is 1910. The minimum atomic E-state index is -3.16. The topological polar surface area (TPSA) is 189 Å². The van der Waals surface area contributed by atoms with E-state index >= 15 is 4.79 Å². The summed E-state index contributed by atoms with van der Waals surface area (Å²) in [4.78, 5) is 69.0. The number of amides is 4. The number of carbonyl (C=O) groups is 4. The summed E-state index contributed by atoms with van der Waals surface area (Å²) in [6.07, 6.45) is -2.99. The Labute approximate surface area is 309 Å². The smallest absolute Gasteiger partial charge is 0.264 e. The first kappa shape index (κ1) is 38.3. The van der Waals surface area contributed by atoms with Crippen molar-refractivity contribution in [2.24, 2.45) is 5.92 Å². The highest BCUT2D eigenvalue weighted by Crippen LogP contribution is 2.60. The zero-order chi connectivity index (χ0) is 38.4. The van der Waals surface area contributed by atoms with Crippen LogP contribution in [0.3, 0.4) is 0 Å². The van der Waals surface area contributed by atoms with Gasteiger partial charge in [-0.2, -0.15) is 0 Å². The number of nitrogens with zero attached hydrogens (tertiary/aromatic N) is 2. The molecular weight excluding hydrogens is 697 g/mol. The Morgan fingerprint density at radius 3 is 2.21 bits per heavy atom. The zero-order valence-electron chi connectivity index (χ0n) is 30.6. The van der Waals surface area contributed by atoms with Crippen LogP contribution in [0.5, 0.6) is 0 Å². The predicted octanol–water partition coefficient (Wildman–Crippen LogP) is 3.01. The number of nitrogens with one attached hydrogen (secondary N) is 2. The van der Waals surface area contributed by atoms with E-state index in [0.717, 1.165) is 11.1 Å². The third-order valence-corrected chi connectivity index (χ3v) is 13.3. The van der Waals surface area contributed by atoms with Crippen molar-refractivity contribution in [3.05, 3.63) is 89.0 Å². The lowest BCUT2D eigenvalue weighted by molar-refractivity contribution is -0.151. The maximum atomic E-state index is 15.0. The molecule has 6 N–H and O–H groups in total. The fourth-order valence-electron chi connectivity index (χ4n) is 8.27. The number of aliphatic hydroxyl groups excluding tert-OH is 3. The number of aliphatic hydroxyl groups is 3. The molecule has 282 valence electrons. The highest BCUT2D eigenvalue weighted by molar-refractivity contribution is 6.71. The molecule has 1 saturated heterocycles. The van der Waals surface area contributed by atoms with Gasteiger partial charge in [0.15, 0.2) is 13.9 Å². The van der Waals surface area contributed by atoms with Gasteiger partial charge in [0, 0.05) is 34.9 Å². The molecule has 53 heavy (non-hydrogen) atoms. The second-order valence-electron chi connectivity index (χ2n) is 15.0. The number of hydrogen-bond acceptors (Lipinski definition) is 9. The number of rotatable bonds is 10. The first-order valence-corrected chi connectivity index (χ1v) is 21.0. The van der Waals surface area contributed by atoms with Gasteiger partial charge in [0.1, 0.15) is 12.2 Å². The van der Waals surface area contributed by atoms with Gasteiger partial charge >= 0.3 is 0 Å². The van der Waals surface area contributed by atoms with Crippen LogP contribution in [0.2, 0.25) is 18.6 Å². The van der Waals surface area contributed by atoms with Crippen LogP contribution in [0, 0.1) is 5.92 Å². The summed E-state index contributed by atoms with van der Waals surface area (Å²) in [5.41, 5.74) is 2.25. The van der Waals surface area contributed by atoms with E-state index in [-0.39, 0.29) is 25.5 Å². The summed E-state index contributed by atoms with van der Waals surface area (Å²) in [5.74, 6) is -2.49. The van der Waals surface area contributed by atoms with E-state index in [1.165, 1.54) is 13.8 Å². The van der Waals surface area contributed by atoms with Crippen LogP contribution in [-0.2, 0) is 49.0 Å². The number of benzene rings is 3. The fourth-order valence-corrected chi connectivity index (χ4v) is 10.8. The lowest BCUT2D eigenvalue weighted by atomic mass is 9.82. The van der Waals surface area contributed by atoms with Gasteiger partial charge in [0.05, 0.1) is 37.4 Å². The molecule has 3 aromatic carbocycles. The Balaban J connectivity index is 1.38. The highest BCUT2D eigenvalue weighted by atomic mass is 28.4. The van der Waals surface area contributed by atoms with Crippen LogP contribution >= 0.6 is 0 Å². The SMILES string of the molecule is C[C@H](O)C(=O)Nc1cccc(CN2C(=O)[C@]3(O[C@H](CC(=O)N4Cc5ccccc5C[C@H]4CO)[C@@H]([Si](C)(C)O)[C@@H]3C)c3cc(NC(=O)[C@H](C)O)ccc32)c1. The van der Waals surface area contributed by atoms with Gasteiger partial charge in [0.2, 0.25) is 5.91 Å². The van der Waals surface area contributed by atoms with Crippen LogP contribution in [0.4, 0.5) is 17.1 Å². The Morgan fingerprint density at radius 1 is 0.943 bits per heavy atom. The van der Waals surface area contributed by atoms with Crippen LogP contribution < -0.4 is 15.5 Å². The Kier molecular flexibility index (Phi) is 10.7. The summed E-state index contributed by atoms with van der Waals surface area (Å²) < 4.78 is 6.90. The molecule has 0 unspecified atom stereocenters. The Morgan fingerprint density at radius 2 is 1.58 bits per heavy atom. The average Bonchev–Trinajstić information content (AvgIpc) is 3.53. The van der Waals surface area contributed by atoms with Crippen LogP contribution in [0.1, 0.15) is 49.4 Å². The fraction of sp³-hybridized carbons (Fsp3) is 0.436. The minimum Gasteiger partial charge on any atom is -0.432 e. The van der Waals surface area contributed by atoms with E-state index in [1.807, 2.05) is 31.2 Å². The molecule has 0 saturated carbocycles. The monoisotopic (exact) mass is 744 g/mol. The van der Waals surface area contributed by atoms with Crippen molar-refractivity contribution in [2.75, 3.05) is 22.1 Å². The second-order valence-corrected chi connectivity index (χ2v) is 19.0. The molecule has 1 fully saturated rings. The third-order valence-electron chi connectivity index (χ3n) is 10.8. The lowest BCUT2D eigenvalue weighted by Crippen LogP contribution is -2.48.